The van der Waals surface area contributed by atoms with E-state index in [1.54, 1.807) is 7.11 Å². The number of hydrogen-bond acceptors (Lipinski definition) is 2. The topological polar surface area (TPSA) is 45.7 Å². The van der Waals surface area contributed by atoms with E-state index in [-0.39, 0.29) is 0 Å². The van der Waals surface area contributed by atoms with Crippen molar-refractivity contribution in [2.24, 2.45) is 4.99 Å². The van der Waals surface area contributed by atoms with Gasteiger partial charge in [-0.05, 0) is 19.8 Å². The van der Waals surface area contributed by atoms with Crippen LogP contribution in [0.1, 0.15) is 46.0 Å². The van der Waals surface area contributed by atoms with Crippen LogP contribution in [-0.4, -0.2) is 39.3 Å². The van der Waals surface area contributed by atoms with E-state index in [1.807, 2.05) is 7.05 Å². The van der Waals surface area contributed by atoms with Crippen molar-refractivity contribution >= 4 is 5.96 Å². The molecule has 0 aliphatic heterocycles. The van der Waals surface area contributed by atoms with Crippen molar-refractivity contribution in [3.8, 4) is 0 Å². The molecule has 0 aliphatic rings. The summed E-state index contributed by atoms with van der Waals surface area (Å²) in [6.07, 6.45) is 6.07. The maximum absolute atomic E-state index is 5.00. The number of nitrogens with zero attached hydrogens (tertiary/aromatic N) is 1. The van der Waals surface area contributed by atoms with Crippen LogP contribution in [0.3, 0.4) is 0 Å². The predicted molar refractivity (Wildman–Crippen MR) is 74.6 cm³/mol. The van der Waals surface area contributed by atoms with Gasteiger partial charge < -0.3 is 15.4 Å². The lowest BCUT2D eigenvalue weighted by Gasteiger charge is -2.17. The van der Waals surface area contributed by atoms with Gasteiger partial charge in [-0.15, -0.1) is 0 Å². The molecule has 0 saturated heterocycles. The molecule has 0 spiro atoms. The fourth-order valence-corrected chi connectivity index (χ4v) is 1.62. The quantitative estimate of drug-likeness (QED) is 0.370. The number of methoxy groups -OCH3 is 1. The van der Waals surface area contributed by atoms with Crippen LogP contribution in [0.15, 0.2) is 4.99 Å². The Balaban J connectivity index is 3.65. The average molecular weight is 243 g/mol. The molecule has 0 radical (unpaired) electrons. The van der Waals surface area contributed by atoms with E-state index >= 15 is 0 Å². The first-order chi connectivity index (χ1) is 8.24. The standard InChI is InChI=1S/C13H29N3O/c1-5-6-7-9-12(2)16-13(14-3)15-10-8-11-17-4/h12H,5-11H2,1-4H3,(H2,14,15,16). The van der Waals surface area contributed by atoms with Gasteiger partial charge >= 0.3 is 0 Å². The molecule has 0 fully saturated rings. The highest BCUT2D eigenvalue weighted by molar-refractivity contribution is 5.79. The molecule has 0 saturated carbocycles. The number of hydrogen-bond donors (Lipinski definition) is 2. The normalized spacial score (nSPS) is 13.5. The van der Waals surface area contributed by atoms with E-state index in [0.29, 0.717) is 6.04 Å². The fraction of sp³-hybridized carbons (Fsp3) is 0.923. The van der Waals surface area contributed by atoms with E-state index in [9.17, 15) is 0 Å². The Bertz CT molecular complexity index is 195. The number of rotatable bonds is 9. The Morgan fingerprint density at radius 3 is 2.65 bits per heavy atom. The average Bonchev–Trinajstić information content (AvgIpc) is 2.33. The molecule has 0 aromatic rings. The molecule has 1 unspecified atom stereocenters. The minimum atomic E-state index is 0.482. The number of ether oxygens (including phenoxy) is 1. The molecular weight excluding hydrogens is 214 g/mol. The Kier molecular flexibility index (Phi) is 11.2. The van der Waals surface area contributed by atoms with Crippen LogP contribution in [0.5, 0.6) is 0 Å². The summed E-state index contributed by atoms with van der Waals surface area (Å²) in [7, 11) is 3.54. The van der Waals surface area contributed by atoms with Crippen molar-refractivity contribution in [3.05, 3.63) is 0 Å². The molecule has 0 heterocycles. The lowest BCUT2D eigenvalue weighted by atomic mass is 10.1. The fourth-order valence-electron chi connectivity index (χ4n) is 1.62. The van der Waals surface area contributed by atoms with E-state index in [1.165, 1.54) is 25.7 Å². The van der Waals surface area contributed by atoms with Gasteiger partial charge in [0.1, 0.15) is 0 Å². The van der Waals surface area contributed by atoms with Gasteiger partial charge in [-0.2, -0.15) is 0 Å². The molecule has 102 valence electrons. The molecule has 0 bridgehead atoms. The minimum absolute atomic E-state index is 0.482. The smallest absolute Gasteiger partial charge is 0.191 e. The van der Waals surface area contributed by atoms with Gasteiger partial charge in [-0.1, -0.05) is 26.2 Å². The van der Waals surface area contributed by atoms with Gasteiger partial charge in [0.2, 0.25) is 0 Å². The van der Waals surface area contributed by atoms with E-state index in [2.05, 4.69) is 29.5 Å². The molecule has 4 nitrogen and oxygen atoms in total. The van der Waals surface area contributed by atoms with Crippen LogP contribution in [0.2, 0.25) is 0 Å². The van der Waals surface area contributed by atoms with Crippen molar-refractivity contribution in [2.75, 3.05) is 27.3 Å². The summed E-state index contributed by atoms with van der Waals surface area (Å²) in [6, 6.07) is 0.482. The highest BCUT2D eigenvalue weighted by Crippen LogP contribution is 2.02. The molecule has 0 aromatic carbocycles. The SMILES string of the molecule is CCCCCC(C)NC(=NC)NCCCOC. The maximum Gasteiger partial charge on any atom is 0.191 e. The Hall–Kier alpha value is -0.770. The summed E-state index contributed by atoms with van der Waals surface area (Å²) < 4.78 is 5.00. The summed E-state index contributed by atoms with van der Waals surface area (Å²) in [5, 5.41) is 6.68. The van der Waals surface area contributed by atoms with Crippen molar-refractivity contribution in [1.29, 1.82) is 0 Å². The van der Waals surface area contributed by atoms with Crippen LogP contribution >= 0.6 is 0 Å². The first-order valence-corrected chi connectivity index (χ1v) is 6.70. The van der Waals surface area contributed by atoms with Crippen molar-refractivity contribution < 1.29 is 4.74 Å². The number of guanidine groups is 1. The van der Waals surface area contributed by atoms with Gasteiger partial charge in [-0.3, -0.25) is 4.99 Å². The highest BCUT2D eigenvalue weighted by Gasteiger charge is 2.03. The number of nitrogens with one attached hydrogen (secondary N) is 2. The molecule has 0 rings (SSSR count). The molecule has 1 atom stereocenters. The third-order valence-corrected chi connectivity index (χ3v) is 2.67. The van der Waals surface area contributed by atoms with E-state index in [0.717, 1.165) is 25.5 Å². The van der Waals surface area contributed by atoms with Gasteiger partial charge in [-0.25, -0.2) is 0 Å². The monoisotopic (exact) mass is 243 g/mol. The second kappa shape index (κ2) is 11.7. The molecular formula is C13H29N3O. The van der Waals surface area contributed by atoms with Crippen LogP contribution in [0.4, 0.5) is 0 Å². The molecule has 17 heavy (non-hydrogen) atoms. The van der Waals surface area contributed by atoms with Crippen LogP contribution < -0.4 is 10.6 Å². The third kappa shape index (κ3) is 10.1. The van der Waals surface area contributed by atoms with Crippen LogP contribution in [0.25, 0.3) is 0 Å². The Morgan fingerprint density at radius 2 is 2.06 bits per heavy atom. The summed E-state index contributed by atoms with van der Waals surface area (Å²) >= 11 is 0. The zero-order chi connectivity index (χ0) is 12.9. The molecule has 2 N–H and O–H groups in total. The zero-order valence-corrected chi connectivity index (χ0v) is 11.9. The summed E-state index contributed by atoms with van der Waals surface area (Å²) in [6.45, 7) is 6.12. The van der Waals surface area contributed by atoms with Gasteiger partial charge in [0, 0.05) is 33.4 Å². The van der Waals surface area contributed by atoms with Crippen molar-refractivity contribution in [3.63, 3.8) is 0 Å². The largest absolute Gasteiger partial charge is 0.385 e. The first-order valence-electron chi connectivity index (χ1n) is 6.70. The number of unbranched alkanes of at least 4 members (excludes halogenated alkanes) is 2. The van der Waals surface area contributed by atoms with E-state index in [4.69, 9.17) is 4.74 Å². The summed E-state index contributed by atoms with van der Waals surface area (Å²) in [4.78, 5) is 4.21. The van der Waals surface area contributed by atoms with Crippen LogP contribution in [0, 0.1) is 0 Å². The van der Waals surface area contributed by atoms with Gasteiger partial charge in [0.15, 0.2) is 5.96 Å². The second-order valence-electron chi connectivity index (χ2n) is 4.39. The molecule has 0 aliphatic carbocycles. The first kappa shape index (κ1) is 16.2. The molecule has 0 amide bonds. The lowest BCUT2D eigenvalue weighted by Crippen LogP contribution is -2.42. The Morgan fingerprint density at radius 1 is 1.29 bits per heavy atom. The van der Waals surface area contributed by atoms with E-state index < -0.39 is 0 Å². The minimum Gasteiger partial charge on any atom is -0.385 e. The third-order valence-electron chi connectivity index (χ3n) is 2.67. The van der Waals surface area contributed by atoms with Crippen molar-refractivity contribution in [2.45, 2.75) is 52.0 Å². The van der Waals surface area contributed by atoms with Gasteiger partial charge in [0.25, 0.3) is 0 Å². The van der Waals surface area contributed by atoms with Crippen molar-refractivity contribution in [1.82, 2.24) is 10.6 Å². The summed E-state index contributed by atoms with van der Waals surface area (Å²) in [5.74, 6) is 0.894. The Labute approximate surface area is 106 Å². The number of aliphatic imine (C=N–C) groups is 1. The van der Waals surface area contributed by atoms with Crippen LogP contribution in [-0.2, 0) is 4.74 Å². The highest BCUT2D eigenvalue weighted by atomic mass is 16.5. The maximum atomic E-state index is 5.00. The van der Waals surface area contributed by atoms with Gasteiger partial charge in [0.05, 0.1) is 0 Å². The molecule has 4 heteroatoms. The molecule has 0 aromatic heterocycles. The zero-order valence-electron chi connectivity index (χ0n) is 11.9. The second-order valence-corrected chi connectivity index (χ2v) is 4.39. The summed E-state index contributed by atoms with van der Waals surface area (Å²) in [5.41, 5.74) is 0. The predicted octanol–water partition coefficient (Wildman–Crippen LogP) is 2.16. The lowest BCUT2D eigenvalue weighted by molar-refractivity contribution is 0.195.